The SMILES string of the molecule is CC1(c2cc3ccccc3o2)NC(=O)N(CC(=O)N2c3ccccc3OCC2c2ccccc2)C1=O. The first-order valence-corrected chi connectivity index (χ1v) is 11.7. The number of rotatable bonds is 4. The molecule has 36 heavy (non-hydrogen) atoms. The summed E-state index contributed by atoms with van der Waals surface area (Å²) in [7, 11) is 0. The molecule has 2 aliphatic rings. The fraction of sp³-hybridized carbons (Fsp3) is 0.179. The third kappa shape index (κ3) is 3.41. The molecule has 0 bridgehead atoms. The minimum atomic E-state index is -1.42. The van der Waals surface area contributed by atoms with E-state index in [0.717, 1.165) is 15.8 Å². The van der Waals surface area contributed by atoms with Crippen molar-refractivity contribution >= 4 is 34.5 Å². The summed E-state index contributed by atoms with van der Waals surface area (Å²) in [5.41, 5.74) is 0.679. The van der Waals surface area contributed by atoms with E-state index in [1.165, 1.54) is 0 Å². The van der Waals surface area contributed by atoms with E-state index in [4.69, 9.17) is 9.15 Å². The number of para-hydroxylation sites is 3. The monoisotopic (exact) mass is 481 g/mol. The van der Waals surface area contributed by atoms with Gasteiger partial charge in [0.2, 0.25) is 5.91 Å². The lowest BCUT2D eigenvalue weighted by atomic mass is 9.98. The van der Waals surface area contributed by atoms with Crippen LogP contribution in [-0.2, 0) is 15.1 Å². The fourth-order valence-corrected chi connectivity index (χ4v) is 4.87. The number of nitrogens with one attached hydrogen (secondary N) is 1. The Morgan fingerprint density at radius 2 is 1.72 bits per heavy atom. The summed E-state index contributed by atoms with van der Waals surface area (Å²) in [5.74, 6) is -0.0482. The van der Waals surface area contributed by atoms with Gasteiger partial charge >= 0.3 is 6.03 Å². The van der Waals surface area contributed by atoms with Crippen LogP contribution in [0.3, 0.4) is 0 Å². The van der Waals surface area contributed by atoms with Crippen LogP contribution >= 0.6 is 0 Å². The molecule has 1 fully saturated rings. The number of urea groups is 1. The first-order valence-electron chi connectivity index (χ1n) is 11.7. The lowest BCUT2D eigenvalue weighted by Crippen LogP contribution is -2.48. The second kappa shape index (κ2) is 8.27. The zero-order valence-corrected chi connectivity index (χ0v) is 19.5. The number of anilines is 1. The molecule has 4 amide bonds. The molecule has 180 valence electrons. The van der Waals surface area contributed by atoms with Gasteiger partial charge in [0.05, 0.1) is 11.7 Å². The number of carbonyl (C=O) groups is 3. The summed E-state index contributed by atoms with van der Waals surface area (Å²) in [5, 5.41) is 3.55. The van der Waals surface area contributed by atoms with Crippen molar-refractivity contribution in [2.75, 3.05) is 18.1 Å². The Balaban J connectivity index is 1.32. The van der Waals surface area contributed by atoms with Gasteiger partial charge in [0.1, 0.15) is 30.2 Å². The zero-order valence-electron chi connectivity index (χ0n) is 19.5. The molecule has 2 unspecified atom stereocenters. The van der Waals surface area contributed by atoms with E-state index in [1.807, 2.05) is 60.7 Å². The van der Waals surface area contributed by atoms with Gasteiger partial charge in [-0.05, 0) is 36.8 Å². The first kappa shape index (κ1) is 21.9. The number of imide groups is 1. The third-order valence-corrected chi connectivity index (χ3v) is 6.77. The number of furan rings is 1. The van der Waals surface area contributed by atoms with Crippen molar-refractivity contribution in [1.82, 2.24) is 10.2 Å². The highest BCUT2D eigenvalue weighted by Crippen LogP contribution is 2.40. The molecule has 0 radical (unpaired) electrons. The third-order valence-electron chi connectivity index (χ3n) is 6.77. The van der Waals surface area contributed by atoms with Gasteiger partial charge in [-0.1, -0.05) is 60.7 Å². The lowest BCUT2D eigenvalue weighted by molar-refractivity contribution is -0.134. The Morgan fingerprint density at radius 1 is 1.00 bits per heavy atom. The molecule has 0 aliphatic carbocycles. The first-order chi connectivity index (χ1) is 17.5. The second-order valence-corrected chi connectivity index (χ2v) is 9.06. The van der Waals surface area contributed by atoms with E-state index in [1.54, 1.807) is 36.1 Å². The minimum absolute atomic E-state index is 0.254. The number of amides is 4. The van der Waals surface area contributed by atoms with Crippen LogP contribution < -0.4 is 15.0 Å². The number of fused-ring (bicyclic) bond motifs is 2. The molecule has 3 aromatic carbocycles. The molecule has 0 spiro atoms. The van der Waals surface area contributed by atoms with Gasteiger partial charge in [-0.2, -0.15) is 0 Å². The standard InChI is InChI=1S/C28H23N3O5/c1-28(24-15-19-11-5-7-13-22(19)36-24)26(33)30(27(34)29-28)16-25(32)31-20-12-6-8-14-23(20)35-17-21(31)18-9-3-2-4-10-18/h2-15,21H,16-17H2,1H3,(H,29,34). The highest BCUT2D eigenvalue weighted by atomic mass is 16.5. The predicted molar refractivity (Wildman–Crippen MR) is 132 cm³/mol. The van der Waals surface area contributed by atoms with Crippen LogP contribution in [0.15, 0.2) is 89.3 Å². The lowest BCUT2D eigenvalue weighted by Gasteiger charge is -2.37. The summed E-state index contributed by atoms with van der Waals surface area (Å²) in [6, 6.07) is 24.9. The quantitative estimate of drug-likeness (QED) is 0.437. The van der Waals surface area contributed by atoms with E-state index in [2.05, 4.69) is 5.32 Å². The van der Waals surface area contributed by atoms with Crippen molar-refractivity contribution < 1.29 is 23.5 Å². The van der Waals surface area contributed by atoms with Gasteiger partial charge in [-0.25, -0.2) is 4.79 Å². The molecule has 1 N–H and O–H groups in total. The predicted octanol–water partition coefficient (Wildman–Crippen LogP) is 4.37. The molecule has 1 aromatic heterocycles. The number of hydrogen-bond acceptors (Lipinski definition) is 5. The van der Waals surface area contributed by atoms with Gasteiger partial charge in [-0.15, -0.1) is 0 Å². The van der Waals surface area contributed by atoms with Crippen LogP contribution in [0, 0.1) is 0 Å². The Bertz CT molecular complexity index is 1460. The van der Waals surface area contributed by atoms with Gasteiger partial charge in [0.15, 0.2) is 5.54 Å². The van der Waals surface area contributed by atoms with E-state index in [9.17, 15) is 14.4 Å². The summed E-state index contributed by atoms with van der Waals surface area (Å²) in [6.07, 6.45) is 0. The molecular formula is C28H23N3O5. The Morgan fingerprint density at radius 3 is 2.53 bits per heavy atom. The summed E-state index contributed by atoms with van der Waals surface area (Å²) >= 11 is 0. The molecule has 3 heterocycles. The maximum atomic E-state index is 13.8. The van der Waals surface area contributed by atoms with Crippen molar-refractivity contribution in [3.05, 3.63) is 96.3 Å². The summed E-state index contributed by atoms with van der Waals surface area (Å²) in [4.78, 5) is 42.8. The van der Waals surface area contributed by atoms with E-state index in [0.29, 0.717) is 22.8 Å². The molecule has 0 saturated carbocycles. The average Bonchev–Trinajstić information content (AvgIpc) is 3.44. The second-order valence-electron chi connectivity index (χ2n) is 9.06. The topological polar surface area (TPSA) is 92.1 Å². The molecule has 1 saturated heterocycles. The zero-order chi connectivity index (χ0) is 24.9. The van der Waals surface area contributed by atoms with Crippen LogP contribution in [0.25, 0.3) is 11.0 Å². The van der Waals surface area contributed by atoms with Gasteiger partial charge in [0, 0.05) is 5.39 Å². The Labute approximate surface area is 207 Å². The molecule has 2 atom stereocenters. The van der Waals surface area contributed by atoms with E-state index < -0.39 is 36.0 Å². The minimum Gasteiger partial charge on any atom is -0.489 e. The van der Waals surface area contributed by atoms with Crippen LogP contribution in [0.4, 0.5) is 10.5 Å². The molecule has 8 heteroatoms. The van der Waals surface area contributed by atoms with Crippen molar-refractivity contribution in [2.24, 2.45) is 0 Å². The number of nitrogens with zero attached hydrogens (tertiary/aromatic N) is 2. The van der Waals surface area contributed by atoms with Crippen LogP contribution in [0.2, 0.25) is 0 Å². The maximum absolute atomic E-state index is 13.8. The largest absolute Gasteiger partial charge is 0.489 e. The highest BCUT2D eigenvalue weighted by molar-refractivity contribution is 6.11. The Hall–Kier alpha value is -4.59. The number of ether oxygens (including phenoxy) is 1. The van der Waals surface area contributed by atoms with Crippen molar-refractivity contribution in [3.63, 3.8) is 0 Å². The van der Waals surface area contributed by atoms with Crippen molar-refractivity contribution in [3.8, 4) is 5.75 Å². The summed E-state index contributed by atoms with van der Waals surface area (Å²) < 4.78 is 11.8. The van der Waals surface area contributed by atoms with E-state index >= 15 is 0 Å². The highest BCUT2D eigenvalue weighted by Gasteiger charge is 2.52. The van der Waals surface area contributed by atoms with Crippen LogP contribution in [0.1, 0.15) is 24.3 Å². The van der Waals surface area contributed by atoms with Crippen LogP contribution in [0.5, 0.6) is 5.75 Å². The molecular weight excluding hydrogens is 458 g/mol. The van der Waals surface area contributed by atoms with Gasteiger partial charge < -0.3 is 14.5 Å². The van der Waals surface area contributed by atoms with Crippen molar-refractivity contribution in [1.29, 1.82) is 0 Å². The smallest absolute Gasteiger partial charge is 0.325 e. The summed E-state index contributed by atoms with van der Waals surface area (Å²) in [6.45, 7) is 1.42. The average molecular weight is 482 g/mol. The molecule has 2 aliphatic heterocycles. The molecule has 4 aromatic rings. The fourth-order valence-electron chi connectivity index (χ4n) is 4.87. The number of benzene rings is 3. The Kier molecular flexibility index (Phi) is 5.03. The number of carbonyl (C=O) groups excluding carboxylic acids is 3. The maximum Gasteiger partial charge on any atom is 0.325 e. The van der Waals surface area contributed by atoms with E-state index in [-0.39, 0.29) is 6.61 Å². The van der Waals surface area contributed by atoms with Gasteiger partial charge in [0.25, 0.3) is 5.91 Å². The van der Waals surface area contributed by atoms with Crippen molar-refractivity contribution in [2.45, 2.75) is 18.5 Å². The van der Waals surface area contributed by atoms with Crippen LogP contribution in [-0.4, -0.2) is 35.9 Å². The van der Waals surface area contributed by atoms with Gasteiger partial charge in [-0.3, -0.25) is 19.4 Å². The number of hydrogen-bond donors (Lipinski definition) is 1. The molecule has 6 rings (SSSR count). The normalized spacial score (nSPS) is 21.3. The molecule has 8 nitrogen and oxygen atoms in total.